The zero-order chi connectivity index (χ0) is 6.53. The smallest absolute Gasteiger partial charge is 0.0517 e. The van der Waals surface area contributed by atoms with Gasteiger partial charge in [0.15, 0.2) is 0 Å². The van der Waals surface area contributed by atoms with Crippen LogP contribution in [0.2, 0.25) is 0 Å². The fourth-order valence-corrected chi connectivity index (χ4v) is 0.846. The van der Waals surface area contributed by atoms with Gasteiger partial charge in [0.1, 0.15) is 0 Å². The Labute approximate surface area is 56.2 Å². The van der Waals surface area contributed by atoms with Gasteiger partial charge in [-0.05, 0) is 13.3 Å². The maximum atomic E-state index is 5.18. The van der Waals surface area contributed by atoms with E-state index in [0.29, 0.717) is 0 Å². The van der Waals surface area contributed by atoms with Crippen LogP contribution in [-0.4, -0.2) is 26.4 Å². The number of rotatable bonds is 4. The average Bonchev–Trinajstić information content (AvgIpc) is 1.76. The summed E-state index contributed by atoms with van der Waals surface area (Å²) in [7, 11) is 0. The molecule has 0 aliphatic carbocycles. The van der Waals surface area contributed by atoms with Gasteiger partial charge in [-0.1, -0.05) is 0 Å². The molecule has 0 aromatic rings. The van der Waals surface area contributed by atoms with Crippen molar-refractivity contribution < 1.29 is 9.47 Å². The van der Waals surface area contributed by atoms with Crippen LogP contribution in [-0.2, 0) is 9.47 Å². The van der Waals surface area contributed by atoms with E-state index in [-0.39, 0.29) is 0 Å². The first-order chi connectivity index (χ1) is 4.43. The maximum absolute atomic E-state index is 5.18. The van der Waals surface area contributed by atoms with E-state index in [1.54, 1.807) is 0 Å². The molecule has 0 N–H and O–H groups in total. The van der Waals surface area contributed by atoms with E-state index in [1.165, 1.54) is 6.42 Å². The highest BCUT2D eigenvalue weighted by Gasteiger charge is 2.16. The predicted molar refractivity (Wildman–Crippen MR) is 35.4 cm³/mol. The monoisotopic (exact) mass is 130 g/mol. The third kappa shape index (κ3) is 2.33. The first kappa shape index (κ1) is 7.03. The minimum Gasteiger partial charge on any atom is -0.382 e. The van der Waals surface area contributed by atoms with E-state index in [2.05, 4.69) is 0 Å². The lowest BCUT2D eigenvalue weighted by Gasteiger charge is -2.25. The molecule has 1 heterocycles. The van der Waals surface area contributed by atoms with Crippen LogP contribution in [0.15, 0.2) is 0 Å². The summed E-state index contributed by atoms with van der Waals surface area (Å²) in [5.74, 6) is 0.788. The van der Waals surface area contributed by atoms with Crippen molar-refractivity contribution in [2.24, 2.45) is 5.92 Å². The van der Waals surface area contributed by atoms with Crippen LogP contribution in [0.1, 0.15) is 13.3 Å². The molecule has 0 spiro atoms. The van der Waals surface area contributed by atoms with E-state index in [1.807, 2.05) is 6.92 Å². The van der Waals surface area contributed by atoms with E-state index in [9.17, 15) is 0 Å². The van der Waals surface area contributed by atoms with Crippen molar-refractivity contribution in [3.63, 3.8) is 0 Å². The lowest BCUT2D eigenvalue weighted by Crippen LogP contribution is -2.28. The van der Waals surface area contributed by atoms with E-state index >= 15 is 0 Å². The second-order valence-electron chi connectivity index (χ2n) is 2.39. The molecule has 0 saturated carbocycles. The van der Waals surface area contributed by atoms with Gasteiger partial charge in [0.25, 0.3) is 0 Å². The van der Waals surface area contributed by atoms with Crippen LogP contribution in [0.3, 0.4) is 0 Å². The van der Waals surface area contributed by atoms with Gasteiger partial charge in [-0.15, -0.1) is 0 Å². The highest BCUT2D eigenvalue weighted by atomic mass is 16.5. The molecule has 0 amide bonds. The average molecular weight is 130 g/mol. The topological polar surface area (TPSA) is 18.5 Å². The third-order valence-corrected chi connectivity index (χ3v) is 1.58. The summed E-state index contributed by atoms with van der Waals surface area (Å²) in [6.07, 6.45) is 1.17. The van der Waals surface area contributed by atoms with Crippen molar-refractivity contribution in [3.8, 4) is 0 Å². The molecule has 0 atom stereocenters. The Bertz CT molecular complexity index is 69.3. The zero-order valence-corrected chi connectivity index (χ0v) is 5.93. The summed E-state index contributed by atoms with van der Waals surface area (Å²) in [6, 6.07) is 0. The molecule has 1 aliphatic rings. The molecule has 0 radical (unpaired) electrons. The molecule has 2 nitrogen and oxygen atoms in total. The largest absolute Gasteiger partial charge is 0.382 e. The van der Waals surface area contributed by atoms with Gasteiger partial charge in [-0.25, -0.2) is 0 Å². The fraction of sp³-hybridized carbons (Fsp3) is 1.00. The molecule has 0 aromatic heterocycles. The molecule has 1 saturated heterocycles. The quantitative estimate of drug-likeness (QED) is 0.530. The summed E-state index contributed by atoms with van der Waals surface area (Å²) in [5, 5.41) is 0. The summed E-state index contributed by atoms with van der Waals surface area (Å²) in [5.41, 5.74) is 0. The second-order valence-corrected chi connectivity index (χ2v) is 2.39. The molecule has 1 aliphatic heterocycles. The van der Waals surface area contributed by atoms with Gasteiger partial charge in [0.2, 0.25) is 0 Å². The zero-order valence-electron chi connectivity index (χ0n) is 5.93. The summed E-state index contributed by atoms with van der Waals surface area (Å²) < 4.78 is 10.2. The number of ether oxygens (including phenoxy) is 2. The Hall–Kier alpha value is -0.0800. The standard InChI is InChI=1S/C7H14O2/c1-2-8-4-3-7-5-9-6-7/h7H,2-6H2,1H3. The van der Waals surface area contributed by atoms with Crippen molar-refractivity contribution in [1.82, 2.24) is 0 Å². The van der Waals surface area contributed by atoms with Crippen LogP contribution < -0.4 is 0 Å². The molecule has 54 valence electrons. The Morgan fingerprint density at radius 3 is 2.78 bits per heavy atom. The maximum Gasteiger partial charge on any atom is 0.0517 e. The Kier molecular flexibility index (Phi) is 3.01. The summed E-state index contributed by atoms with van der Waals surface area (Å²) in [6.45, 7) is 5.68. The first-order valence-corrected chi connectivity index (χ1v) is 3.59. The Morgan fingerprint density at radius 1 is 1.56 bits per heavy atom. The minimum absolute atomic E-state index is 0.788. The molecular formula is C7H14O2. The Balaban J connectivity index is 1.80. The molecule has 1 rings (SSSR count). The van der Waals surface area contributed by atoms with Crippen LogP contribution in [0.5, 0.6) is 0 Å². The summed E-state index contributed by atoms with van der Waals surface area (Å²) >= 11 is 0. The van der Waals surface area contributed by atoms with Crippen LogP contribution in [0.4, 0.5) is 0 Å². The summed E-state index contributed by atoms with van der Waals surface area (Å²) in [4.78, 5) is 0. The van der Waals surface area contributed by atoms with Crippen molar-refractivity contribution in [2.75, 3.05) is 26.4 Å². The lowest BCUT2D eigenvalue weighted by molar-refractivity contribution is -0.0460. The van der Waals surface area contributed by atoms with Crippen molar-refractivity contribution >= 4 is 0 Å². The highest BCUT2D eigenvalue weighted by molar-refractivity contribution is 4.64. The van der Waals surface area contributed by atoms with E-state index in [0.717, 1.165) is 32.3 Å². The number of hydrogen-bond acceptors (Lipinski definition) is 2. The van der Waals surface area contributed by atoms with Gasteiger partial charge in [0, 0.05) is 19.1 Å². The third-order valence-electron chi connectivity index (χ3n) is 1.58. The highest BCUT2D eigenvalue weighted by Crippen LogP contribution is 2.13. The van der Waals surface area contributed by atoms with Crippen molar-refractivity contribution in [2.45, 2.75) is 13.3 Å². The van der Waals surface area contributed by atoms with Crippen LogP contribution >= 0.6 is 0 Å². The van der Waals surface area contributed by atoms with Gasteiger partial charge < -0.3 is 9.47 Å². The minimum atomic E-state index is 0.788. The number of hydrogen-bond donors (Lipinski definition) is 0. The SMILES string of the molecule is CCOCCC1COC1. The lowest BCUT2D eigenvalue weighted by atomic mass is 10.1. The van der Waals surface area contributed by atoms with E-state index in [4.69, 9.17) is 9.47 Å². The van der Waals surface area contributed by atoms with E-state index < -0.39 is 0 Å². The molecule has 9 heavy (non-hydrogen) atoms. The van der Waals surface area contributed by atoms with Crippen molar-refractivity contribution in [3.05, 3.63) is 0 Å². The molecule has 2 heteroatoms. The van der Waals surface area contributed by atoms with Crippen LogP contribution in [0, 0.1) is 5.92 Å². The molecular weight excluding hydrogens is 116 g/mol. The van der Waals surface area contributed by atoms with Gasteiger partial charge >= 0.3 is 0 Å². The molecule has 0 aromatic carbocycles. The Morgan fingerprint density at radius 2 is 2.33 bits per heavy atom. The molecule has 0 unspecified atom stereocenters. The predicted octanol–water partition coefficient (Wildman–Crippen LogP) is 1.06. The van der Waals surface area contributed by atoms with Gasteiger partial charge in [-0.2, -0.15) is 0 Å². The first-order valence-electron chi connectivity index (χ1n) is 3.59. The van der Waals surface area contributed by atoms with Gasteiger partial charge in [-0.3, -0.25) is 0 Å². The van der Waals surface area contributed by atoms with Crippen LogP contribution in [0.25, 0.3) is 0 Å². The second kappa shape index (κ2) is 3.85. The molecule has 0 bridgehead atoms. The van der Waals surface area contributed by atoms with Gasteiger partial charge in [0.05, 0.1) is 13.2 Å². The normalized spacial score (nSPS) is 19.7. The molecule has 1 fully saturated rings. The fourth-order valence-electron chi connectivity index (χ4n) is 0.846. The van der Waals surface area contributed by atoms with Crippen molar-refractivity contribution in [1.29, 1.82) is 0 Å².